The lowest BCUT2D eigenvalue weighted by molar-refractivity contribution is -0.255. The lowest BCUT2D eigenvalue weighted by atomic mass is 9.49. The maximum atomic E-state index is 12.0. The highest BCUT2D eigenvalue weighted by atomic mass is 16.7. The lowest BCUT2D eigenvalue weighted by Gasteiger charge is -2.60. The topological polar surface area (TPSA) is 68.3 Å². The molecule has 0 aromatic carbocycles. The van der Waals surface area contributed by atoms with Crippen LogP contribution in [-0.2, 0) is 19.0 Å². The molecule has 1 spiro atoms. The van der Waals surface area contributed by atoms with Crippen molar-refractivity contribution < 1.29 is 24.1 Å². The molecule has 3 aliphatic heterocycles. The van der Waals surface area contributed by atoms with E-state index in [-0.39, 0.29) is 29.3 Å². The van der Waals surface area contributed by atoms with E-state index in [0.29, 0.717) is 19.1 Å². The zero-order valence-corrected chi connectivity index (χ0v) is 15.5. The molecule has 4 unspecified atom stereocenters. The Morgan fingerprint density at radius 3 is 2.76 bits per heavy atom. The van der Waals surface area contributed by atoms with Gasteiger partial charge in [0.05, 0.1) is 18.8 Å². The van der Waals surface area contributed by atoms with Gasteiger partial charge in [0.1, 0.15) is 17.8 Å². The molecule has 5 rings (SSSR count). The van der Waals surface area contributed by atoms with E-state index in [1.165, 1.54) is 0 Å². The Balaban J connectivity index is 1.58. The van der Waals surface area contributed by atoms with E-state index in [4.69, 9.17) is 14.2 Å². The van der Waals surface area contributed by atoms with E-state index >= 15 is 0 Å². The van der Waals surface area contributed by atoms with Crippen molar-refractivity contribution in [2.75, 3.05) is 13.2 Å². The van der Waals surface area contributed by atoms with Crippen molar-refractivity contribution in [2.45, 2.75) is 70.4 Å². The van der Waals surface area contributed by atoms with Crippen LogP contribution in [0.5, 0.6) is 0 Å². The van der Waals surface area contributed by atoms with Crippen molar-refractivity contribution in [3.8, 4) is 0 Å². The van der Waals surface area contributed by atoms with E-state index in [9.17, 15) is 9.90 Å². The molecular weight excluding hydrogens is 320 g/mol. The number of hydrogen-bond donors (Lipinski definition) is 1. The van der Waals surface area contributed by atoms with Crippen LogP contribution in [0.1, 0.15) is 47.0 Å². The van der Waals surface area contributed by atoms with E-state index in [1.54, 1.807) is 0 Å². The molecule has 0 radical (unpaired) electrons. The minimum absolute atomic E-state index is 0.125. The van der Waals surface area contributed by atoms with Gasteiger partial charge in [0.2, 0.25) is 0 Å². The normalized spacial score (nSPS) is 53.8. The van der Waals surface area contributed by atoms with Gasteiger partial charge >= 0.3 is 5.97 Å². The first-order valence-electron chi connectivity index (χ1n) is 9.65. The van der Waals surface area contributed by atoms with Crippen molar-refractivity contribution in [3.63, 3.8) is 0 Å². The molecule has 7 atom stereocenters. The number of cyclic esters (lactones) is 1. The summed E-state index contributed by atoms with van der Waals surface area (Å²) in [5, 5.41) is 11.2. The van der Waals surface area contributed by atoms with Crippen LogP contribution in [0.15, 0.2) is 11.1 Å². The zero-order chi connectivity index (χ0) is 17.8. The molecule has 5 aliphatic rings. The molecule has 25 heavy (non-hydrogen) atoms. The van der Waals surface area contributed by atoms with E-state index in [0.717, 1.165) is 30.4 Å². The van der Waals surface area contributed by atoms with Crippen LogP contribution in [0, 0.1) is 23.2 Å². The van der Waals surface area contributed by atoms with Crippen molar-refractivity contribution in [2.24, 2.45) is 23.2 Å². The van der Waals surface area contributed by atoms with Gasteiger partial charge in [-0.2, -0.15) is 0 Å². The highest BCUT2D eigenvalue weighted by molar-refractivity contribution is 5.92. The predicted octanol–water partition coefficient (Wildman–Crippen LogP) is 2.22. The van der Waals surface area contributed by atoms with E-state index in [1.807, 2.05) is 6.92 Å². The second-order valence-corrected chi connectivity index (χ2v) is 9.40. The lowest BCUT2D eigenvalue weighted by Crippen LogP contribution is -2.72. The van der Waals surface area contributed by atoms with Gasteiger partial charge < -0.3 is 19.3 Å². The average Bonchev–Trinajstić information content (AvgIpc) is 3.20. The van der Waals surface area contributed by atoms with Gasteiger partial charge in [-0.05, 0) is 43.6 Å². The van der Waals surface area contributed by atoms with Crippen LogP contribution in [0.2, 0.25) is 0 Å². The molecule has 138 valence electrons. The third-order valence-electron chi connectivity index (χ3n) is 8.25. The van der Waals surface area contributed by atoms with Crippen molar-refractivity contribution in [1.29, 1.82) is 0 Å². The first kappa shape index (κ1) is 16.3. The predicted molar refractivity (Wildman–Crippen MR) is 89.7 cm³/mol. The molecule has 3 heterocycles. The largest absolute Gasteiger partial charge is 0.458 e. The number of hydrogen-bond acceptors (Lipinski definition) is 5. The summed E-state index contributed by atoms with van der Waals surface area (Å²) in [6, 6.07) is 0. The molecule has 0 bridgehead atoms. The first-order chi connectivity index (χ1) is 11.8. The van der Waals surface area contributed by atoms with Crippen LogP contribution in [0.3, 0.4) is 0 Å². The summed E-state index contributed by atoms with van der Waals surface area (Å²) in [4.78, 5) is 12.0. The summed E-state index contributed by atoms with van der Waals surface area (Å²) in [5.74, 6) is 0.577. The van der Waals surface area contributed by atoms with Crippen LogP contribution in [0.4, 0.5) is 0 Å². The van der Waals surface area contributed by atoms with Crippen LogP contribution in [-0.4, -0.2) is 47.7 Å². The Bertz CT molecular complexity index is 684. The second kappa shape index (κ2) is 4.68. The van der Waals surface area contributed by atoms with E-state index in [2.05, 4.69) is 20.8 Å². The first-order valence-corrected chi connectivity index (χ1v) is 9.65. The summed E-state index contributed by atoms with van der Waals surface area (Å²) in [5.41, 5.74) is 0.722. The highest BCUT2D eigenvalue weighted by Gasteiger charge is 2.83. The number of aliphatic hydroxyl groups excluding tert-OH is 1. The van der Waals surface area contributed by atoms with Crippen LogP contribution < -0.4 is 0 Å². The Kier molecular flexibility index (Phi) is 3.04. The van der Waals surface area contributed by atoms with Crippen LogP contribution in [0.25, 0.3) is 0 Å². The minimum atomic E-state index is -0.683. The minimum Gasteiger partial charge on any atom is -0.458 e. The zero-order valence-electron chi connectivity index (χ0n) is 15.5. The number of fused-ring (bicyclic) bond motifs is 2. The van der Waals surface area contributed by atoms with Gasteiger partial charge in [-0.15, -0.1) is 0 Å². The van der Waals surface area contributed by atoms with Gasteiger partial charge in [-0.3, -0.25) is 0 Å². The molecule has 2 aliphatic carbocycles. The fraction of sp³-hybridized carbons (Fsp3) is 0.850. The summed E-state index contributed by atoms with van der Waals surface area (Å²) >= 11 is 0. The number of epoxide rings is 1. The third-order valence-corrected chi connectivity index (χ3v) is 8.25. The number of aliphatic hydroxyl groups is 1. The molecule has 2 saturated heterocycles. The fourth-order valence-corrected chi connectivity index (χ4v) is 6.70. The van der Waals surface area contributed by atoms with Crippen molar-refractivity contribution in [3.05, 3.63) is 11.1 Å². The fourth-order valence-electron chi connectivity index (χ4n) is 6.70. The molecular formula is C20H28O5. The standard InChI is InChI=1S/C20H28O5/c1-10(2)12-7-15-20(25-15)18(3)6-5-11-13(8-23-17(11)22)14(18)9-24-19(20,4)16(12)21/h10,12,14-16,21H,5-9H2,1-4H3/t12?,14?,15-,16?,18-,19?,20+/m0/s1. The Morgan fingerprint density at radius 2 is 2.04 bits per heavy atom. The second-order valence-electron chi connectivity index (χ2n) is 9.40. The van der Waals surface area contributed by atoms with Gasteiger partial charge in [-0.25, -0.2) is 4.79 Å². The summed E-state index contributed by atoms with van der Waals surface area (Å²) < 4.78 is 18.2. The number of carbonyl (C=O) groups is 1. The molecule has 1 saturated carbocycles. The van der Waals surface area contributed by atoms with Crippen molar-refractivity contribution >= 4 is 5.97 Å². The molecule has 0 aromatic heterocycles. The molecule has 5 heteroatoms. The summed E-state index contributed by atoms with van der Waals surface area (Å²) in [6.07, 6.45) is 2.14. The molecule has 0 amide bonds. The molecule has 3 fully saturated rings. The van der Waals surface area contributed by atoms with Gasteiger partial charge in [-0.1, -0.05) is 20.8 Å². The maximum absolute atomic E-state index is 12.0. The van der Waals surface area contributed by atoms with Gasteiger partial charge in [0, 0.05) is 16.9 Å². The quantitative estimate of drug-likeness (QED) is 0.581. The molecule has 1 N–H and O–H groups in total. The average molecular weight is 348 g/mol. The van der Waals surface area contributed by atoms with Crippen LogP contribution >= 0.6 is 0 Å². The smallest absolute Gasteiger partial charge is 0.334 e. The molecule has 0 aromatic rings. The molecule has 5 nitrogen and oxygen atoms in total. The summed E-state index contributed by atoms with van der Waals surface area (Å²) in [6.45, 7) is 9.59. The number of carbonyl (C=O) groups excluding carboxylic acids is 1. The Labute approximate surface area is 148 Å². The number of esters is 1. The summed E-state index contributed by atoms with van der Waals surface area (Å²) in [7, 11) is 0. The number of rotatable bonds is 1. The SMILES string of the molecule is CC(C)C1C[C@@H]2O[C@]23C(C)(OCC2C4=C(CC[C@@]23C)C(=O)OC4)C1O. The van der Waals surface area contributed by atoms with Crippen molar-refractivity contribution in [1.82, 2.24) is 0 Å². The van der Waals surface area contributed by atoms with Gasteiger partial charge in [0.15, 0.2) is 0 Å². The van der Waals surface area contributed by atoms with E-state index < -0.39 is 17.3 Å². The Morgan fingerprint density at radius 1 is 1.28 bits per heavy atom. The van der Waals surface area contributed by atoms with Gasteiger partial charge in [0.25, 0.3) is 0 Å². The maximum Gasteiger partial charge on any atom is 0.334 e. The monoisotopic (exact) mass is 348 g/mol. The Hall–Kier alpha value is -0.910. The number of ether oxygens (including phenoxy) is 3. The third kappa shape index (κ3) is 1.64. The highest BCUT2D eigenvalue weighted by Crippen LogP contribution is 2.72.